The van der Waals surface area contributed by atoms with E-state index in [4.69, 9.17) is 14.5 Å². The monoisotopic (exact) mass is 380 g/mol. The van der Waals surface area contributed by atoms with Crippen molar-refractivity contribution in [2.24, 2.45) is 0 Å². The molecule has 0 fully saturated rings. The Balaban J connectivity index is 1.85. The van der Waals surface area contributed by atoms with Crippen LogP contribution in [0.1, 0.15) is 12.5 Å². The molecule has 0 saturated carbocycles. The van der Waals surface area contributed by atoms with Gasteiger partial charge in [0.05, 0.1) is 37.0 Å². The molecule has 28 heavy (non-hydrogen) atoms. The van der Waals surface area contributed by atoms with Crippen molar-refractivity contribution in [1.82, 2.24) is 29.5 Å². The molecule has 4 heterocycles. The summed E-state index contributed by atoms with van der Waals surface area (Å²) in [4.78, 5) is 8.97. The van der Waals surface area contributed by atoms with Gasteiger partial charge in [0.2, 0.25) is 5.88 Å². The van der Waals surface area contributed by atoms with Gasteiger partial charge < -0.3 is 14.6 Å². The van der Waals surface area contributed by atoms with Crippen molar-refractivity contribution in [3.05, 3.63) is 36.3 Å². The summed E-state index contributed by atoms with van der Waals surface area (Å²) >= 11 is 0. The molecular weight excluding hydrogens is 360 g/mol. The number of aromatic hydroxyl groups is 1. The van der Waals surface area contributed by atoms with E-state index in [2.05, 4.69) is 15.3 Å². The minimum absolute atomic E-state index is 0.0835. The van der Waals surface area contributed by atoms with Crippen molar-refractivity contribution in [2.45, 2.75) is 20.4 Å². The van der Waals surface area contributed by atoms with Crippen LogP contribution in [0.2, 0.25) is 0 Å². The molecule has 0 aliphatic rings. The molecule has 4 rings (SSSR count). The Kier molecular flexibility index (Phi) is 4.34. The van der Waals surface area contributed by atoms with E-state index in [1.54, 1.807) is 42.1 Å². The van der Waals surface area contributed by atoms with E-state index in [1.165, 1.54) is 0 Å². The van der Waals surface area contributed by atoms with Crippen LogP contribution in [0.4, 0.5) is 0 Å². The number of hydrogen-bond acceptors (Lipinski definition) is 7. The molecule has 0 bridgehead atoms. The summed E-state index contributed by atoms with van der Waals surface area (Å²) in [6.07, 6.45) is 5.20. The molecule has 0 spiro atoms. The van der Waals surface area contributed by atoms with E-state index < -0.39 is 0 Å². The highest BCUT2D eigenvalue weighted by Gasteiger charge is 2.17. The van der Waals surface area contributed by atoms with Crippen LogP contribution in [0.5, 0.6) is 17.5 Å². The fourth-order valence-electron chi connectivity index (χ4n) is 3.13. The number of nitrogens with zero attached hydrogens (tertiary/aromatic N) is 6. The van der Waals surface area contributed by atoms with E-state index in [0.717, 1.165) is 11.1 Å². The number of ether oxygens (including phenoxy) is 2. The van der Waals surface area contributed by atoms with Crippen LogP contribution < -0.4 is 9.47 Å². The average molecular weight is 380 g/mol. The van der Waals surface area contributed by atoms with Gasteiger partial charge in [-0.3, -0.25) is 9.25 Å². The zero-order valence-electron chi connectivity index (χ0n) is 16.0. The van der Waals surface area contributed by atoms with Gasteiger partial charge in [0.1, 0.15) is 0 Å². The number of pyridine rings is 2. The van der Waals surface area contributed by atoms with Crippen LogP contribution in [-0.4, -0.2) is 48.9 Å². The van der Waals surface area contributed by atoms with Crippen molar-refractivity contribution >= 4 is 10.9 Å². The highest BCUT2D eigenvalue weighted by Crippen LogP contribution is 2.35. The first-order valence-corrected chi connectivity index (χ1v) is 8.76. The molecular formula is C19H20N6O3. The molecule has 0 radical (unpaired) electrons. The van der Waals surface area contributed by atoms with Crippen molar-refractivity contribution in [3.63, 3.8) is 0 Å². The Hall–Kier alpha value is -3.62. The van der Waals surface area contributed by atoms with Gasteiger partial charge in [0.15, 0.2) is 11.6 Å². The third-order valence-electron chi connectivity index (χ3n) is 4.57. The molecule has 0 aliphatic carbocycles. The number of aryl methyl sites for hydroxylation is 2. The number of aromatic nitrogens is 6. The molecule has 1 N–H and O–H groups in total. The van der Waals surface area contributed by atoms with Crippen molar-refractivity contribution in [3.8, 4) is 34.6 Å². The Bertz CT molecular complexity index is 1160. The second kappa shape index (κ2) is 6.84. The zero-order valence-corrected chi connectivity index (χ0v) is 16.0. The highest BCUT2D eigenvalue weighted by molar-refractivity contribution is 5.90. The van der Waals surface area contributed by atoms with Crippen molar-refractivity contribution in [2.75, 3.05) is 14.2 Å². The average Bonchev–Trinajstić information content (AvgIpc) is 3.31. The Morgan fingerprint density at radius 1 is 1.14 bits per heavy atom. The minimum Gasteiger partial charge on any atom is -0.494 e. The van der Waals surface area contributed by atoms with Gasteiger partial charge in [-0.05, 0) is 31.5 Å². The molecule has 4 aromatic heterocycles. The predicted molar refractivity (Wildman–Crippen MR) is 103 cm³/mol. The third-order valence-corrected chi connectivity index (χ3v) is 4.57. The Morgan fingerprint density at radius 3 is 2.64 bits per heavy atom. The molecule has 0 amide bonds. The van der Waals surface area contributed by atoms with Crippen LogP contribution >= 0.6 is 0 Å². The van der Waals surface area contributed by atoms with Crippen molar-refractivity contribution in [1.29, 1.82) is 0 Å². The lowest BCUT2D eigenvalue weighted by atomic mass is 10.1. The molecule has 144 valence electrons. The van der Waals surface area contributed by atoms with Gasteiger partial charge >= 0.3 is 0 Å². The van der Waals surface area contributed by atoms with E-state index >= 15 is 0 Å². The fraction of sp³-hybridized carbons (Fsp3) is 0.263. The molecule has 9 nitrogen and oxygen atoms in total. The summed E-state index contributed by atoms with van der Waals surface area (Å²) in [5.41, 5.74) is 3.03. The maximum absolute atomic E-state index is 10.7. The lowest BCUT2D eigenvalue weighted by Crippen LogP contribution is -1.95. The molecule has 0 unspecified atom stereocenters. The SMILES string of the molecule is CCn1cc(-n2cc3nc(-c4cnc(OC)c(OC)c4)cc(C)c3c2O)nn1. The van der Waals surface area contributed by atoms with Gasteiger partial charge in [-0.2, -0.15) is 0 Å². The van der Waals surface area contributed by atoms with Gasteiger partial charge in [-0.1, -0.05) is 5.21 Å². The van der Waals surface area contributed by atoms with E-state index in [-0.39, 0.29) is 5.88 Å². The normalized spacial score (nSPS) is 11.1. The molecule has 0 saturated heterocycles. The predicted octanol–water partition coefficient (Wildman–Crippen LogP) is 2.73. The quantitative estimate of drug-likeness (QED) is 0.568. The topological polar surface area (TPSA) is 100 Å². The number of fused-ring (bicyclic) bond motifs is 1. The van der Waals surface area contributed by atoms with E-state index in [9.17, 15) is 5.11 Å². The first-order valence-electron chi connectivity index (χ1n) is 8.76. The number of rotatable bonds is 5. The summed E-state index contributed by atoms with van der Waals surface area (Å²) < 4.78 is 13.8. The van der Waals surface area contributed by atoms with Crippen molar-refractivity contribution < 1.29 is 14.6 Å². The smallest absolute Gasteiger partial charge is 0.256 e. The number of hydrogen-bond donors (Lipinski definition) is 1. The lowest BCUT2D eigenvalue weighted by molar-refractivity contribution is 0.343. The molecule has 0 aromatic carbocycles. The van der Waals surface area contributed by atoms with E-state index in [1.807, 2.05) is 26.0 Å². The summed E-state index contributed by atoms with van der Waals surface area (Å²) in [7, 11) is 3.10. The largest absolute Gasteiger partial charge is 0.494 e. The Morgan fingerprint density at radius 2 is 1.96 bits per heavy atom. The summed E-state index contributed by atoms with van der Waals surface area (Å²) in [5, 5.41) is 19.5. The maximum Gasteiger partial charge on any atom is 0.256 e. The third kappa shape index (κ3) is 2.81. The molecule has 4 aromatic rings. The number of methoxy groups -OCH3 is 2. The molecule has 9 heteroatoms. The highest BCUT2D eigenvalue weighted by atomic mass is 16.5. The van der Waals surface area contributed by atoms with E-state index in [0.29, 0.717) is 40.6 Å². The van der Waals surface area contributed by atoms with Crippen LogP contribution in [0.25, 0.3) is 28.0 Å². The fourth-order valence-corrected chi connectivity index (χ4v) is 3.13. The lowest BCUT2D eigenvalue weighted by Gasteiger charge is -2.09. The summed E-state index contributed by atoms with van der Waals surface area (Å²) in [6.45, 7) is 4.59. The minimum atomic E-state index is 0.0835. The molecule has 0 atom stereocenters. The zero-order chi connectivity index (χ0) is 19.8. The summed E-state index contributed by atoms with van der Waals surface area (Å²) in [5.74, 6) is 1.55. The Labute approximate surface area is 161 Å². The van der Waals surface area contributed by atoms with Gasteiger partial charge in [-0.25, -0.2) is 9.97 Å². The van der Waals surface area contributed by atoms with Gasteiger partial charge in [0.25, 0.3) is 5.88 Å². The van der Waals surface area contributed by atoms with Gasteiger partial charge in [-0.15, -0.1) is 5.10 Å². The second-order valence-electron chi connectivity index (χ2n) is 6.28. The second-order valence-corrected chi connectivity index (χ2v) is 6.28. The first kappa shape index (κ1) is 17.8. The van der Waals surface area contributed by atoms with Gasteiger partial charge in [0, 0.05) is 24.5 Å². The van der Waals surface area contributed by atoms with Crippen LogP contribution in [-0.2, 0) is 6.54 Å². The molecule has 0 aliphatic heterocycles. The standard InChI is InChI=1S/C19H20N6O3/c1-5-24-10-16(22-23-24)25-9-14-17(19(25)26)11(2)6-13(21-14)12-7-15(27-3)18(28-4)20-8-12/h6-10,26H,5H2,1-4H3. The first-order chi connectivity index (χ1) is 13.5. The summed E-state index contributed by atoms with van der Waals surface area (Å²) in [6, 6.07) is 3.72. The van der Waals surface area contributed by atoms with Crippen LogP contribution in [0.3, 0.4) is 0 Å². The van der Waals surface area contributed by atoms with Crippen LogP contribution in [0, 0.1) is 6.92 Å². The van der Waals surface area contributed by atoms with Crippen LogP contribution in [0.15, 0.2) is 30.7 Å². The maximum atomic E-state index is 10.7.